The second-order valence-electron chi connectivity index (χ2n) is 4.18. The van der Waals surface area contributed by atoms with Gasteiger partial charge in [-0.2, -0.15) is 0 Å². The number of nitrogens with zero attached hydrogens (tertiary/aromatic N) is 1. The van der Waals surface area contributed by atoms with E-state index < -0.39 is 0 Å². The lowest BCUT2D eigenvalue weighted by Crippen LogP contribution is -2.39. The van der Waals surface area contributed by atoms with Gasteiger partial charge in [0.2, 0.25) is 5.91 Å². The van der Waals surface area contributed by atoms with Crippen molar-refractivity contribution in [2.45, 2.75) is 32.7 Å². The Balaban J connectivity index is 2.22. The predicted molar refractivity (Wildman–Crippen MR) is 53.5 cm³/mol. The van der Waals surface area contributed by atoms with Crippen molar-refractivity contribution in [3.8, 4) is 0 Å². The largest absolute Gasteiger partial charge is 0.354 e. The Hall–Kier alpha value is -0.570. The van der Waals surface area contributed by atoms with Crippen molar-refractivity contribution in [1.82, 2.24) is 10.2 Å². The SMILES string of the molecule is CC(C)C(=O)NCC1CCCN1C. The van der Waals surface area contributed by atoms with Crippen LogP contribution in [0.25, 0.3) is 0 Å². The van der Waals surface area contributed by atoms with Crippen LogP contribution < -0.4 is 5.32 Å². The lowest BCUT2D eigenvalue weighted by molar-refractivity contribution is -0.124. The minimum atomic E-state index is 0.103. The third-order valence-electron chi connectivity index (χ3n) is 2.71. The molecule has 1 heterocycles. The van der Waals surface area contributed by atoms with Gasteiger partial charge in [-0.25, -0.2) is 0 Å². The van der Waals surface area contributed by atoms with Crippen LogP contribution in [0.2, 0.25) is 0 Å². The van der Waals surface area contributed by atoms with Gasteiger partial charge in [0.25, 0.3) is 0 Å². The molecule has 3 nitrogen and oxygen atoms in total. The Bertz CT molecular complexity index is 180. The Morgan fingerprint density at radius 3 is 2.77 bits per heavy atom. The molecule has 1 N–H and O–H groups in total. The fraction of sp³-hybridized carbons (Fsp3) is 0.900. The van der Waals surface area contributed by atoms with Crippen LogP contribution >= 0.6 is 0 Å². The Morgan fingerprint density at radius 1 is 1.62 bits per heavy atom. The Kier molecular flexibility index (Phi) is 3.72. The van der Waals surface area contributed by atoms with E-state index in [9.17, 15) is 4.79 Å². The summed E-state index contributed by atoms with van der Waals surface area (Å²) in [5.74, 6) is 0.270. The quantitative estimate of drug-likeness (QED) is 0.705. The smallest absolute Gasteiger partial charge is 0.222 e. The summed E-state index contributed by atoms with van der Waals surface area (Å²) in [6, 6.07) is 0.558. The minimum Gasteiger partial charge on any atom is -0.354 e. The molecule has 0 saturated carbocycles. The van der Waals surface area contributed by atoms with Crippen molar-refractivity contribution >= 4 is 5.91 Å². The van der Waals surface area contributed by atoms with E-state index in [2.05, 4.69) is 17.3 Å². The molecule has 0 aliphatic carbocycles. The molecular weight excluding hydrogens is 164 g/mol. The second kappa shape index (κ2) is 4.61. The number of amides is 1. The van der Waals surface area contributed by atoms with E-state index in [-0.39, 0.29) is 11.8 Å². The highest BCUT2D eigenvalue weighted by atomic mass is 16.1. The first kappa shape index (κ1) is 10.5. The molecule has 1 unspecified atom stereocenters. The maximum Gasteiger partial charge on any atom is 0.222 e. The topological polar surface area (TPSA) is 32.3 Å². The molecule has 0 bridgehead atoms. The molecule has 1 aliphatic rings. The predicted octanol–water partition coefficient (Wildman–Crippen LogP) is 0.853. The number of likely N-dealkylation sites (N-methyl/N-ethyl adjacent to an activating group) is 1. The summed E-state index contributed by atoms with van der Waals surface area (Å²) in [5.41, 5.74) is 0. The number of likely N-dealkylation sites (tertiary alicyclic amines) is 1. The zero-order chi connectivity index (χ0) is 9.84. The average molecular weight is 184 g/mol. The molecule has 1 aliphatic heterocycles. The van der Waals surface area contributed by atoms with Gasteiger partial charge in [-0.1, -0.05) is 13.8 Å². The number of carbonyl (C=O) groups is 1. The fourth-order valence-corrected chi connectivity index (χ4v) is 1.66. The molecule has 0 aromatic rings. The molecule has 0 spiro atoms. The van der Waals surface area contributed by atoms with Crippen LogP contribution in [0.15, 0.2) is 0 Å². The van der Waals surface area contributed by atoms with Crippen molar-refractivity contribution in [1.29, 1.82) is 0 Å². The molecule has 76 valence electrons. The maximum atomic E-state index is 11.3. The van der Waals surface area contributed by atoms with Gasteiger partial charge in [-0.3, -0.25) is 4.79 Å². The standard InChI is InChI=1S/C10H20N2O/c1-8(2)10(13)11-7-9-5-4-6-12(9)3/h8-9H,4-7H2,1-3H3,(H,11,13). The molecule has 1 amide bonds. The van der Waals surface area contributed by atoms with Gasteiger partial charge in [0.15, 0.2) is 0 Å². The molecule has 0 aromatic heterocycles. The summed E-state index contributed by atoms with van der Waals surface area (Å²) < 4.78 is 0. The molecule has 1 atom stereocenters. The van der Waals surface area contributed by atoms with Crippen LogP contribution in [-0.2, 0) is 4.79 Å². The van der Waals surface area contributed by atoms with E-state index in [1.54, 1.807) is 0 Å². The molecule has 0 aromatic carbocycles. The van der Waals surface area contributed by atoms with Gasteiger partial charge in [0.05, 0.1) is 0 Å². The molecule has 13 heavy (non-hydrogen) atoms. The van der Waals surface area contributed by atoms with Crippen molar-refractivity contribution in [2.75, 3.05) is 20.1 Å². The van der Waals surface area contributed by atoms with Crippen LogP contribution in [0.3, 0.4) is 0 Å². The van der Waals surface area contributed by atoms with E-state index >= 15 is 0 Å². The fourth-order valence-electron chi connectivity index (χ4n) is 1.66. The van der Waals surface area contributed by atoms with Crippen molar-refractivity contribution in [3.63, 3.8) is 0 Å². The van der Waals surface area contributed by atoms with Gasteiger partial charge in [-0.15, -0.1) is 0 Å². The summed E-state index contributed by atoms with van der Waals surface area (Å²) in [6.45, 7) is 5.83. The lowest BCUT2D eigenvalue weighted by atomic mass is 10.2. The van der Waals surface area contributed by atoms with Gasteiger partial charge in [-0.05, 0) is 26.4 Å². The van der Waals surface area contributed by atoms with Crippen LogP contribution in [0, 0.1) is 5.92 Å². The van der Waals surface area contributed by atoms with Crippen LogP contribution in [0.5, 0.6) is 0 Å². The van der Waals surface area contributed by atoms with E-state index in [1.165, 1.54) is 19.4 Å². The van der Waals surface area contributed by atoms with Crippen LogP contribution in [-0.4, -0.2) is 37.0 Å². The second-order valence-corrected chi connectivity index (χ2v) is 4.18. The number of rotatable bonds is 3. The number of carbonyl (C=O) groups excluding carboxylic acids is 1. The monoisotopic (exact) mass is 184 g/mol. The minimum absolute atomic E-state index is 0.103. The first-order chi connectivity index (χ1) is 6.11. The van der Waals surface area contributed by atoms with Gasteiger partial charge >= 0.3 is 0 Å². The van der Waals surface area contributed by atoms with Crippen molar-refractivity contribution < 1.29 is 4.79 Å². The Morgan fingerprint density at radius 2 is 2.31 bits per heavy atom. The molecule has 1 fully saturated rings. The van der Waals surface area contributed by atoms with E-state index in [0.29, 0.717) is 6.04 Å². The maximum absolute atomic E-state index is 11.3. The number of hydrogen-bond acceptors (Lipinski definition) is 2. The van der Waals surface area contributed by atoms with Crippen LogP contribution in [0.4, 0.5) is 0 Å². The molecule has 1 rings (SSSR count). The third kappa shape index (κ3) is 2.99. The molecule has 0 radical (unpaired) electrons. The van der Waals surface area contributed by atoms with Gasteiger partial charge < -0.3 is 10.2 Å². The Labute approximate surface area is 80.5 Å². The average Bonchev–Trinajstić information content (AvgIpc) is 2.47. The highest BCUT2D eigenvalue weighted by Crippen LogP contribution is 2.13. The molecule has 3 heteroatoms. The van der Waals surface area contributed by atoms with Crippen molar-refractivity contribution in [2.24, 2.45) is 5.92 Å². The van der Waals surface area contributed by atoms with Crippen molar-refractivity contribution in [3.05, 3.63) is 0 Å². The first-order valence-corrected chi connectivity index (χ1v) is 5.09. The number of nitrogens with one attached hydrogen (secondary N) is 1. The summed E-state index contributed by atoms with van der Waals surface area (Å²) in [7, 11) is 2.12. The zero-order valence-electron chi connectivity index (χ0n) is 8.84. The third-order valence-corrected chi connectivity index (χ3v) is 2.71. The van der Waals surface area contributed by atoms with Gasteiger partial charge in [0, 0.05) is 18.5 Å². The van der Waals surface area contributed by atoms with E-state index in [4.69, 9.17) is 0 Å². The van der Waals surface area contributed by atoms with E-state index in [1.807, 2.05) is 13.8 Å². The summed E-state index contributed by atoms with van der Waals surface area (Å²) >= 11 is 0. The highest BCUT2D eigenvalue weighted by Gasteiger charge is 2.21. The van der Waals surface area contributed by atoms with Gasteiger partial charge in [0.1, 0.15) is 0 Å². The molecular formula is C10H20N2O. The zero-order valence-corrected chi connectivity index (χ0v) is 8.84. The molecule has 1 saturated heterocycles. The summed E-state index contributed by atoms with van der Waals surface area (Å²) in [4.78, 5) is 13.6. The first-order valence-electron chi connectivity index (χ1n) is 5.09. The summed E-state index contributed by atoms with van der Waals surface area (Å²) in [6.07, 6.45) is 2.48. The van der Waals surface area contributed by atoms with Crippen LogP contribution in [0.1, 0.15) is 26.7 Å². The van der Waals surface area contributed by atoms with E-state index in [0.717, 1.165) is 6.54 Å². The number of hydrogen-bond donors (Lipinski definition) is 1. The lowest BCUT2D eigenvalue weighted by Gasteiger charge is -2.20. The summed E-state index contributed by atoms with van der Waals surface area (Å²) in [5, 5.41) is 2.97. The highest BCUT2D eigenvalue weighted by molar-refractivity contribution is 5.77. The normalized spacial score (nSPS) is 23.8.